The normalized spacial score (nSPS) is 11.0. The predicted molar refractivity (Wildman–Crippen MR) is 103 cm³/mol. The second-order valence-electron chi connectivity index (χ2n) is 6.15. The molecule has 0 saturated heterocycles. The minimum Gasteiger partial charge on any atom is -0.321 e. The van der Waals surface area contributed by atoms with Crippen LogP contribution in [0.15, 0.2) is 30.5 Å². The van der Waals surface area contributed by atoms with Crippen molar-refractivity contribution in [2.45, 2.75) is 33.9 Å². The molecule has 0 aliphatic heterocycles. The summed E-state index contributed by atoms with van der Waals surface area (Å²) in [6, 6.07) is 7.35. The van der Waals surface area contributed by atoms with Crippen molar-refractivity contribution in [1.82, 2.24) is 19.6 Å². The zero-order valence-electron chi connectivity index (χ0n) is 14.8. The summed E-state index contributed by atoms with van der Waals surface area (Å²) in [5, 5.41) is 12.7. The van der Waals surface area contributed by atoms with Gasteiger partial charge in [-0.25, -0.2) is 0 Å². The zero-order valence-corrected chi connectivity index (χ0v) is 16.3. The van der Waals surface area contributed by atoms with Crippen molar-refractivity contribution in [3.05, 3.63) is 63.2 Å². The molecule has 0 aliphatic carbocycles. The summed E-state index contributed by atoms with van der Waals surface area (Å²) in [4.78, 5) is 12.3. The summed E-state index contributed by atoms with van der Waals surface area (Å²) in [6.07, 6.45) is 1.78. The molecule has 8 heteroatoms. The molecule has 0 fully saturated rings. The minimum atomic E-state index is -0.145. The number of aryl methyl sites for hydroxylation is 2. The van der Waals surface area contributed by atoms with Crippen LogP contribution < -0.4 is 5.32 Å². The summed E-state index contributed by atoms with van der Waals surface area (Å²) in [7, 11) is 0. The molecule has 26 heavy (non-hydrogen) atoms. The van der Waals surface area contributed by atoms with Crippen LogP contribution in [-0.4, -0.2) is 25.5 Å². The highest BCUT2D eigenvalue weighted by molar-refractivity contribution is 6.42. The van der Waals surface area contributed by atoms with E-state index in [1.165, 1.54) is 0 Å². The molecule has 2 heterocycles. The van der Waals surface area contributed by atoms with Crippen LogP contribution in [0.1, 0.15) is 22.6 Å². The minimum absolute atomic E-state index is 0.145. The number of nitrogens with one attached hydrogen (secondary N) is 1. The molecule has 2 aromatic heterocycles. The van der Waals surface area contributed by atoms with E-state index in [1.807, 2.05) is 43.7 Å². The van der Waals surface area contributed by atoms with Gasteiger partial charge in [0.05, 0.1) is 39.4 Å². The van der Waals surface area contributed by atoms with Crippen LogP contribution in [0.25, 0.3) is 0 Å². The van der Waals surface area contributed by atoms with Crippen LogP contribution in [0.5, 0.6) is 0 Å². The van der Waals surface area contributed by atoms with Crippen molar-refractivity contribution in [2.75, 3.05) is 5.32 Å². The van der Waals surface area contributed by atoms with E-state index in [0.717, 1.165) is 28.3 Å². The molecule has 0 spiro atoms. The Bertz CT molecular complexity index is 961. The van der Waals surface area contributed by atoms with Crippen LogP contribution in [-0.2, 0) is 17.9 Å². The van der Waals surface area contributed by atoms with E-state index < -0.39 is 0 Å². The van der Waals surface area contributed by atoms with Crippen molar-refractivity contribution in [1.29, 1.82) is 0 Å². The van der Waals surface area contributed by atoms with E-state index in [0.29, 0.717) is 16.6 Å². The first-order valence-electron chi connectivity index (χ1n) is 8.11. The lowest BCUT2D eigenvalue weighted by Gasteiger charge is -2.08. The van der Waals surface area contributed by atoms with Gasteiger partial charge in [0, 0.05) is 6.20 Å². The van der Waals surface area contributed by atoms with Gasteiger partial charge in [-0.05, 0) is 44.5 Å². The fourth-order valence-electron chi connectivity index (χ4n) is 2.72. The first-order chi connectivity index (χ1) is 12.3. The van der Waals surface area contributed by atoms with Gasteiger partial charge in [-0.3, -0.25) is 14.2 Å². The third-order valence-corrected chi connectivity index (χ3v) is 4.78. The van der Waals surface area contributed by atoms with E-state index in [-0.39, 0.29) is 12.5 Å². The first-order valence-corrected chi connectivity index (χ1v) is 8.87. The molecule has 0 radical (unpaired) electrons. The molecule has 1 amide bonds. The fraction of sp³-hybridized carbons (Fsp3) is 0.278. The number of halogens is 2. The maximum Gasteiger partial charge on any atom is 0.246 e. The third-order valence-electron chi connectivity index (χ3n) is 4.04. The van der Waals surface area contributed by atoms with Crippen molar-refractivity contribution in [2.24, 2.45) is 0 Å². The van der Waals surface area contributed by atoms with E-state index >= 15 is 0 Å². The largest absolute Gasteiger partial charge is 0.321 e. The second kappa shape index (κ2) is 7.51. The summed E-state index contributed by atoms with van der Waals surface area (Å²) >= 11 is 12.0. The number of carbonyl (C=O) groups excluding carboxylic acids is 1. The Hall–Kier alpha value is -2.31. The molecule has 1 N–H and O–H groups in total. The molecule has 0 saturated carbocycles. The van der Waals surface area contributed by atoms with Gasteiger partial charge in [0.1, 0.15) is 6.54 Å². The van der Waals surface area contributed by atoms with Crippen LogP contribution in [0.4, 0.5) is 5.69 Å². The molecule has 0 atom stereocenters. The maximum atomic E-state index is 12.3. The second-order valence-corrected chi connectivity index (χ2v) is 6.97. The molecule has 0 bridgehead atoms. The first kappa shape index (κ1) is 18.5. The smallest absolute Gasteiger partial charge is 0.246 e. The summed E-state index contributed by atoms with van der Waals surface area (Å²) in [5.74, 6) is -0.145. The van der Waals surface area contributed by atoms with Crippen LogP contribution in [0.3, 0.4) is 0 Å². The Labute approximate surface area is 161 Å². The molecule has 0 aliphatic rings. The third kappa shape index (κ3) is 4.08. The van der Waals surface area contributed by atoms with E-state index in [1.54, 1.807) is 16.9 Å². The van der Waals surface area contributed by atoms with Crippen molar-refractivity contribution in [3.8, 4) is 0 Å². The number of anilines is 1. The van der Waals surface area contributed by atoms with Gasteiger partial charge < -0.3 is 5.32 Å². The maximum absolute atomic E-state index is 12.3. The molecule has 3 rings (SSSR count). The lowest BCUT2D eigenvalue weighted by Crippen LogP contribution is -2.20. The number of amides is 1. The molecule has 136 valence electrons. The Morgan fingerprint density at radius 3 is 2.54 bits per heavy atom. The van der Waals surface area contributed by atoms with Gasteiger partial charge >= 0.3 is 0 Å². The fourth-order valence-corrected chi connectivity index (χ4v) is 3.04. The van der Waals surface area contributed by atoms with Crippen LogP contribution in [0, 0.1) is 20.8 Å². The van der Waals surface area contributed by atoms with Crippen LogP contribution >= 0.6 is 23.2 Å². The lowest BCUT2D eigenvalue weighted by molar-refractivity contribution is -0.116. The summed E-state index contributed by atoms with van der Waals surface area (Å²) < 4.78 is 3.44. The monoisotopic (exact) mass is 391 g/mol. The average Bonchev–Trinajstić information content (AvgIpc) is 3.09. The number of nitrogens with zero attached hydrogens (tertiary/aromatic N) is 4. The van der Waals surface area contributed by atoms with E-state index in [2.05, 4.69) is 15.5 Å². The number of rotatable bonds is 5. The molecule has 3 aromatic rings. The Morgan fingerprint density at radius 1 is 1.12 bits per heavy atom. The Kier molecular flexibility index (Phi) is 5.34. The molecule has 6 nitrogen and oxygen atoms in total. The standard InChI is InChI=1S/C18H19Cl2N5O/c1-11-6-7-24(22-11)10-17(26)21-18-12(2)23-25(13(18)3)9-14-4-5-15(19)16(20)8-14/h4-8H,9-10H2,1-3H3,(H,21,26). The summed E-state index contributed by atoms with van der Waals surface area (Å²) in [6.45, 7) is 6.37. The zero-order chi connectivity index (χ0) is 18.8. The molecular formula is C18H19Cl2N5O. The van der Waals surface area contributed by atoms with Gasteiger partial charge in [-0.1, -0.05) is 29.3 Å². The van der Waals surface area contributed by atoms with Crippen molar-refractivity contribution in [3.63, 3.8) is 0 Å². The Morgan fingerprint density at radius 2 is 1.88 bits per heavy atom. The van der Waals surface area contributed by atoms with Gasteiger partial charge in [0.15, 0.2) is 0 Å². The lowest BCUT2D eigenvalue weighted by atomic mass is 10.2. The van der Waals surface area contributed by atoms with Crippen molar-refractivity contribution >= 4 is 34.8 Å². The number of benzene rings is 1. The van der Waals surface area contributed by atoms with E-state index in [4.69, 9.17) is 23.2 Å². The number of hydrogen-bond acceptors (Lipinski definition) is 3. The highest BCUT2D eigenvalue weighted by atomic mass is 35.5. The van der Waals surface area contributed by atoms with E-state index in [9.17, 15) is 4.79 Å². The SMILES string of the molecule is Cc1ccn(CC(=O)Nc2c(C)nn(Cc3ccc(Cl)c(Cl)c3)c2C)n1. The Balaban J connectivity index is 1.74. The molecular weight excluding hydrogens is 373 g/mol. The topological polar surface area (TPSA) is 64.7 Å². The van der Waals surface area contributed by atoms with Gasteiger partial charge in [0.2, 0.25) is 5.91 Å². The van der Waals surface area contributed by atoms with Gasteiger partial charge in [-0.2, -0.15) is 10.2 Å². The highest BCUT2D eigenvalue weighted by Gasteiger charge is 2.15. The quantitative estimate of drug-likeness (QED) is 0.714. The summed E-state index contributed by atoms with van der Waals surface area (Å²) in [5.41, 5.74) is 4.21. The van der Waals surface area contributed by atoms with Gasteiger partial charge in [0.25, 0.3) is 0 Å². The molecule has 0 unspecified atom stereocenters. The average molecular weight is 392 g/mol. The number of hydrogen-bond donors (Lipinski definition) is 1. The molecule has 1 aromatic carbocycles. The highest BCUT2D eigenvalue weighted by Crippen LogP contribution is 2.25. The predicted octanol–water partition coefficient (Wildman–Crippen LogP) is 4.00. The number of aromatic nitrogens is 4. The van der Waals surface area contributed by atoms with Crippen molar-refractivity contribution < 1.29 is 4.79 Å². The van der Waals surface area contributed by atoms with Gasteiger partial charge in [-0.15, -0.1) is 0 Å². The number of carbonyl (C=O) groups is 1. The van der Waals surface area contributed by atoms with Crippen LogP contribution in [0.2, 0.25) is 10.0 Å².